The van der Waals surface area contributed by atoms with Crippen molar-refractivity contribution in [3.63, 3.8) is 0 Å². The second-order valence-electron chi connectivity index (χ2n) is 12.5. The number of carbonyl (C=O) groups is 1. The fourth-order valence-electron chi connectivity index (χ4n) is 6.30. The molecular formula is C33H41BrFN5O5S2. The highest BCUT2D eigenvalue weighted by molar-refractivity contribution is 8.93. The number of aromatic hydroxyl groups is 1. The number of halogens is 2. The maximum atomic E-state index is 14.7. The number of carbonyl (C=O) groups excluding carboxylic acids is 1. The number of aliphatic hydroxyl groups excluding tert-OH is 1. The van der Waals surface area contributed by atoms with Crippen LogP contribution >= 0.6 is 39.7 Å². The van der Waals surface area contributed by atoms with Crippen LogP contribution in [0.15, 0.2) is 40.5 Å². The standard InChI is InChI=1S/C33H40FN5O5S2.BrH/c1-20(2)30-36-25(18-45-30)31(42)39-13-14-44-33(19-39)8-11-38(12-9-33)17-21-3-5-24(34)22(15-21)7-10-35-16-27(41)23-4-6-26(40)28-29(23)46-32(43)37-28;/h3-6,15,18,20,27,35,40-41H,7-14,16-17,19H2,1-2H3,(H,37,43);1H/t27-;/m0./s1. The molecule has 1 amide bonds. The lowest BCUT2D eigenvalue weighted by Gasteiger charge is -2.47. The van der Waals surface area contributed by atoms with Crippen LogP contribution in [-0.4, -0.2) is 87.4 Å². The second-order valence-corrected chi connectivity index (χ2v) is 14.4. The molecule has 2 fully saturated rings. The van der Waals surface area contributed by atoms with Crippen LogP contribution in [0.3, 0.4) is 0 Å². The normalized spacial score (nSPS) is 17.3. The number of morpholine rings is 1. The topological polar surface area (TPSA) is 131 Å². The number of aromatic nitrogens is 2. The van der Waals surface area contributed by atoms with E-state index in [1.165, 1.54) is 23.5 Å². The maximum Gasteiger partial charge on any atom is 0.305 e. The smallest absolute Gasteiger partial charge is 0.305 e. The number of amides is 1. The molecular weight excluding hydrogens is 709 g/mol. The summed E-state index contributed by atoms with van der Waals surface area (Å²) in [6.45, 7) is 8.84. The third-order valence-electron chi connectivity index (χ3n) is 8.91. The predicted octanol–water partition coefficient (Wildman–Crippen LogP) is 4.97. The zero-order chi connectivity index (χ0) is 32.4. The molecule has 4 N–H and O–H groups in total. The van der Waals surface area contributed by atoms with Gasteiger partial charge in [0.1, 0.15) is 22.8 Å². The van der Waals surface area contributed by atoms with E-state index in [1.54, 1.807) is 6.07 Å². The van der Waals surface area contributed by atoms with Crippen LogP contribution in [0.4, 0.5) is 4.39 Å². The molecule has 1 atom stereocenters. The molecule has 14 heteroatoms. The Bertz CT molecular complexity index is 1750. The Kier molecular flexibility index (Phi) is 11.5. The predicted molar refractivity (Wildman–Crippen MR) is 188 cm³/mol. The molecule has 0 bridgehead atoms. The van der Waals surface area contributed by atoms with Crippen LogP contribution in [0.5, 0.6) is 5.75 Å². The summed E-state index contributed by atoms with van der Waals surface area (Å²) in [6.07, 6.45) is 1.20. The fraction of sp³-hybridized carbons (Fsp3) is 0.485. The number of ether oxygens (including phenoxy) is 1. The summed E-state index contributed by atoms with van der Waals surface area (Å²) >= 11 is 2.48. The highest BCUT2D eigenvalue weighted by Gasteiger charge is 2.41. The molecule has 2 aliphatic rings. The number of aromatic amines is 1. The first kappa shape index (κ1) is 35.6. The van der Waals surface area contributed by atoms with Gasteiger partial charge in [-0.05, 0) is 49.1 Å². The number of fused-ring (bicyclic) bond motifs is 1. The van der Waals surface area contributed by atoms with Crippen molar-refractivity contribution >= 4 is 55.8 Å². The number of rotatable bonds is 10. The van der Waals surface area contributed by atoms with E-state index in [9.17, 15) is 24.2 Å². The van der Waals surface area contributed by atoms with E-state index in [2.05, 4.69) is 34.0 Å². The number of hydrogen-bond acceptors (Lipinski definition) is 10. The average molecular weight is 751 g/mol. The lowest BCUT2D eigenvalue weighted by molar-refractivity contribution is -0.128. The molecule has 0 unspecified atom stereocenters. The number of phenolic OH excluding ortho intramolecular Hbond substituents is 1. The lowest BCUT2D eigenvalue weighted by Crippen LogP contribution is -2.58. The molecule has 0 radical (unpaired) electrons. The minimum absolute atomic E-state index is 0. The van der Waals surface area contributed by atoms with Gasteiger partial charge >= 0.3 is 4.87 Å². The largest absolute Gasteiger partial charge is 0.506 e. The van der Waals surface area contributed by atoms with Gasteiger partial charge in [-0.25, -0.2) is 9.37 Å². The third-order valence-corrected chi connectivity index (χ3v) is 11.0. The van der Waals surface area contributed by atoms with Crippen LogP contribution in [0.25, 0.3) is 10.2 Å². The van der Waals surface area contributed by atoms with Crippen molar-refractivity contribution in [3.8, 4) is 5.75 Å². The molecule has 10 nitrogen and oxygen atoms in total. The van der Waals surface area contributed by atoms with Gasteiger partial charge in [-0.3, -0.25) is 14.5 Å². The molecule has 2 aliphatic heterocycles. The van der Waals surface area contributed by atoms with E-state index in [0.717, 1.165) is 47.8 Å². The number of nitrogens with zero attached hydrogens (tertiary/aromatic N) is 3. The molecule has 4 aromatic rings. The fourth-order valence-corrected chi connectivity index (χ4v) is 8.03. The Morgan fingerprint density at radius 1 is 1.21 bits per heavy atom. The SMILES string of the molecule is Br.CC(C)c1nc(C(=O)N2CCOC3(CCN(Cc4ccc(F)c(CCNC[C@H](O)c5ccc(O)c6[nH]c(=O)sc56)c4)CC3)C2)cs1. The van der Waals surface area contributed by atoms with Crippen molar-refractivity contribution in [2.45, 2.75) is 57.3 Å². The first-order valence-electron chi connectivity index (χ1n) is 15.7. The summed E-state index contributed by atoms with van der Waals surface area (Å²) in [5.74, 6) is -0.0234. The van der Waals surface area contributed by atoms with Crippen molar-refractivity contribution < 1.29 is 24.1 Å². The number of piperidine rings is 1. The number of H-pyrrole nitrogens is 1. The number of hydrogen-bond donors (Lipinski definition) is 4. The Hall–Kier alpha value is -2.72. The number of phenols is 1. The maximum absolute atomic E-state index is 14.7. The van der Waals surface area contributed by atoms with Crippen molar-refractivity contribution in [2.75, 3.05) is 45.9 Å². The minimum Gasteiger partial charge on any atom is -0.506 e. The van der Waals surface area contributed by atoms with Crippen LogP contribution in [0, 0.1) is 5.82 Å². The van der Waals surface area contributed by atoms with Gasteiger partial charge in [-0.2, -0.15) is 0 Å². The highest BCUT2D eigenvalue weighted by atomic mass is 79.9. The number of likely N-dealkylation sites (tertiary alicyclic amines) is 1. The van der Waals surface area contributed by atoms with Gasteiger partial charge in [0.2, 0.25) is 0 Å². The molecule has 254 valence electrons. The Labute approximate surface area is 291 Å². The van der Waals surface area contributed by atoms with E-state index in [0.29, 0.717) is 72.2 Å². The van der Waals surface area contributed by atoms with Gasteiger partial charge < -0.3 is 30.2 Å². The van der Waals surface area contributed by atoms with Gasteiger partial charge in [-0.15, -0.1) is 28.3 Å². The van der Waals surface area contributed by atoms with Gasteiger partial charge in [0.05, 0.1) is 34.6 Å². The second kappa shape index (κ2) is 15.2. The van der Waals surface area contributed by atoms with Gasteiger partial charge in [-0.1, -0.05) is 43.4 Å². The number of thiazole rings is 2. The zero-order valence-corrected chi connectivity index (χ0v) is 29.8. The third kappa shape index (κ3) is 8.12. The molecule has 0 aliphatic carbocycles. The highest BCUT2D eigenvalue weighted by Crippen LogP contribution is 2.33. The van der Waals surface area contributed by atoms with E-state index >= 15 is 0 Å². The molecule has 47 heavy (non-hydrogen) atoms. The van der Waals surface area contributed by atoms with Gasteiger partial charge in [0, 0.05) is 49.6 Å². The van der Waals surface area contributed by atoms with E-state index in [1.807, 2.05) is 22.4 Å². The number of benzene rings is 2. The monoisotopic (exact) mass is 749 g/mol. The van der Waals surface area contributed by atoms with Crippen LogP contribution in [0.1, 0.15) is 70.9 Å². The van der Waals surface area contributed by atoms with Crippen LogP contribution in [0.2, 0.25) is 0 Å². The Balaban J connectivity index is 0.00000433. The molecule has 4 heterocycles. The van der Waals surface area contributed by atoms with E-state index in [-0.39, 0.29) is 51.5 Å². The molecule has 6 rings (SSSR count). The number of aliphatic hydroxyl groups is 1. The average Bonchev–Trinajstić information content (AvgIpc) is 3.70. The zero-order valence-electron chi connectivity index (χ0n) is 26.5. The summed E-state index contributed by atoms with van der Waals surface area (Å²) in [4.78, 5) is 36.1. The van der Waals surface area contributed by atoms with E-state index < -0.39 is 6.10 Å². The minimum atomic E-state index is -0.892. The summed E-state index contributed by atoms with van der Waals surface area (Å²) in [7, 11) is 0. The van der Waals surface area contributed by atoms with Crippen molar-refractivity contribution in [2.24, 2.45) is 0 Å². The Morgan fingerprint density at radius 2 is 2.00 bits per heavy atom. The van der Waals surface area contributed by atoms with Crippen LogP contribution < -0.4 is 10.2 Å². The molecule has 2 saturated heterocycles. The summed E-state index contributed by atoms with van der Waals surface area (Å²) < 4.78 is 21.5. The first-order valence-corrected chi connectivity index (χ1v) is 17.4. The lowest BCUT2D eigenvalue weighted by atomic mass is 9.89. The van der Waals surface area contributed by atoms with Gasteiger partial charge in [0.25, 0.3) is 5.91 Å². The quantitative estimate of drug-likeness (QED) is 0.168. The van der Waals surface area contributed by atoms with Crippen LogP contribution in [-0.2, 0) is 17.7 Å². The van der Waals surface area contributed by atoms with Gasteiger partial charge in [0.15, 0.2) is 0 Å². The Morgan fingerprint density at radius 3 is 2.74 bits per heavy atom. The molecule has 0 saturated carbocycles. The molecule has 1 spiro atoms. The van der Waals surface area contributed by atoms with Crippen molar-refractivity contribution in [1.29, 1.82) is 0 Å². The molecule has 2 aromatic carbocycles. The number of nitrogens with one attached hydrogen (secondary N) is 2. The first-order chi connectivity index (χ1) is 22.1. The van der Waals surface area contributed by atoms with E-state index in [4.69, 9.17) is 4.74 Å². The summed E-state index contributed by atoms with van der Waals surface area (Å²) in [6, 6.07) is 8.32. The molecule has 2 aromatic heterocycles. The summed E-state index contributed by atoms with van der Waals surface area (Å²) in [5.41, 5.74) is 2.69. The van der Waals surface area contributed by atoms with Crippen molar-refractivity contribution in [1.82, 2.24) is 25.1 Å². The van der Waals surface area contributed by atoms with Crippen molar-refractivity contribution in [3.05, 3.63) is 78.6 Å². The summed E-state index contributed by atoms with van der Waals surface area (Å²) in [5, 5.41) is 26.8.